The molecule has 1 aromatic carbocycles. The highest BCUT2D eigenvalue weighted by atomic mass is 16.2. The molecule has 1 aromatic rings. The van der Waals surface area contributed by atoms with Gasteiger partial charge in [-0.1, -0.05) is 44.2 Å². The Hall–Kier alpha value is -2.02. The fraction of sp³-hybridized carbons (Fsp3) is 0.529. The van der Waals surface area contributed by atoms with Crippen molar-refractivity contribution in [3.8, 4) is 6.07 Å². The van der Waals surface area contributed by atoms with Crippen molar-refractivity contribution in [1.82, 2.24) is 10.6 Å². The highest BCUT2D eigenvalue weighted by Crippen LogP contribution is 2.16. The summed E-state index contributed by atoms with van der Waals surface area (Å²) in [5, 5.41) is 14.7. The summed E-state index contributed by atoms with van der Waals surface area (Å²) >= 11 is 0. The van der Waals surface area contributed by atoms with Crippen LogP contribution in [0.1, 0.15) is 56.1 Å². The van der Waals surface area contributed by atoms with Crippen molar-refractivity contribution in [3.05, 3.63) is 35.4 Å². The van der Waals surface area contributed by atoms with E-state index in [0.717, 1.165) is 18.4 Å². The summed E-state index contributed by atoms with van der Waals surface area (Å²) in [6, 6.07) is 9.58. The molecule has 0 atom stereocenters. The number of carbonyl (C=O) groups is 1. The summed E-state index contributed by atoms with van der Waals surface area (Å²) in [4.78, 5) is 11.9. The average Bonchev–Trinajstić information content (AvgIpc) is 2.48. The number of rotatable bonds is 3. The molecule has 0 saturated heterocycles. The van der Waals surface area contributed by atoms with E-state index in [9.17, 15) is 4.79 Å². The molecule has 2 N–H and O–H groups in total. The zero-order valence-electron chi connectivity index (χ0n) is 12.4. The molecule has 1 aliphatic carbocycles. The molecule has 1 aliphatic rings. The lowest BCUT2D eigenvalue weighted by Crippen LogP contribution is -2.42. The number of carbonyl (C=O) groups excluding carboxylic acids is 1. The third-order valence-electron chi connectivity index (χ3n) is 3.98. The van der Waals surface area contributed by atoms with Gasteiger partial charge < -0.3 is 10.6 Å². The number of hydrogen-bond acceptors (Lipinski definition) is 2. The maximum absolute atomic E-state index is 11.9. The first-order valence-electron chi connectivity index (χ1n) is 7.81. The third-order valence-corrected chi connectivity index (χ3v) is 3.98. The summed E-state index contributed by atoms with van der Waals surface area (Å²) in [6.07, 6.45) is 8.49. The zero-order chi connectivity index (χ0) is 14.9. The molecule has 4 heteroatoms. The Morgan fingerprint density at radius 1 is 1.10 bits per heavy atom. The molecule has 0 unspecified atom stereocenters. The second kappa shape index (κ2) is 8.31. The molecule has 0 bridgehead atoms. The van der Waals surface area contributed by atoms with Crippen molar-refractivity contribution >= 4 is 6.03 Å². The van der Waals surface area contributed by atoms with Crippen molar-refractivity contribution in [2.45, 2.75) is 57.5 Å². The molecule has 0 aliphatic heterocycles. The third kappa shape index (κ3) is 5.47. The van der Waals surface area contributed by atoms with E-state index in [1.807, 2.05) is 12.1 Å². The lowest BCUT2D eigenvalue weighted by Gasteiger charge is -2.21. The fourth-order valence-corrected chi connectivity index (χ4v) is 2.72. The van der Waals surface area contributed by atoms with Crippen LogP contribution in [0.3, 0.4) is 0 Å². The van der Waals surface area contributed by atoms with E-state index in [4.69, 9.17) is 5.26 Å². The van der Waals surface area contributed by atoms with Crippen molar-refractivity contribution in [2.24, 2.45) is 0 Å². The second-order valence-electron chi connectivity index (χ2n) is 5.68. The second-order valence-corrected chi connectivity index (χ2v) is 5.68. The van der Waals surface area contributed by atoms with Crippen LogP contribution in [0, 0.1) is 11.3 Å². The van der Waals surface area contributed by atoms with E-state index in [0.29, 0.717) is 18.2 Å². The molecule has 112 valence electrons. The predicted octanol–water partition coefficient (Wildman–Crippen LogP) is 3.47. The van der Waals surface area contributed by atoms with Gasteiger partial charge in [-0.05, 0) is 30.5 Å². The molecular formula is C17H23N3O. The minimum absolute atomic E-state index is 0.0927. The number of hydrogen-bond donors (Lipinski definition) is 2. The van der Waals surface area contributed by atoms with Gasteiger partial charge >= 0.3 is 6.03 Å². The van der Waals surface area contributed by atoms with Crippen LogP contribution in [0.5, 0.6) is 0 Å². The maximum atomic E-state index is 11.9. The van der Waals surface area contributed by atoms with E-state index in [1.165, 1.54) is 32.1 Å². The quantitative estimate of drug-likeness (QED) is 0.893. The highest BCUT2D eigenvalue weighted by Gasteiger charge is 2.13. The number of nitrogens with zero attached hydrogens (tertiary/aromatic N) is 1. The predicted molar refractivity (Wildman–Crippen MR) is 82.6 cm³/mol. The van der Waals surface area contributed by atoms with Gasteiger partial charge in [0.2, 0.25) is 0 Å². The summed E-state index contributed by atoms with van der Waals surface area (Å²) < 4.78 is 0. The van der Waals surface area contributed by atoms with Gasteiger partial charge in [0.05, 0.1) is 11.6 Å². The molecular weight excluding hydrogens is 262 g/mol. The standard InChI is InChI=1S/C17H23N3O/c18-12-14-8-10-15(11-9-14)13-19-17(21)20-16-6-4-2-1-3-5-7-16/h8-11,16H,1-7,13H2,(H2,19,20,21). The Bertz CT molecular complexity index is 482. The fourth-order valence-electron chi connectivity index (χ4n) is 2.72. The smallest absolute Gasteiger partial charge is 0.315 e. The van der Waals surface area contributed by atoms with Crippen LogP contribution < -0.4 is 10.6 Å². The summed E-state index contributed by atoms with van der Waals surface area (Å²) in [7, 11) is 0. The van der Waals surface area contributed by atoms with E-state index < -0.39 is 0 Å². The molecule has 21 heavy (non-hydrogen) atoms. The number of urea groups is 1. The van der Waals surface area contributed by atoms with Crippen molar-refractivity contribution < 1.29 is 4.79 Å². The Kier molecular flexibility index (Phi) is 6.08. The lowest BCUT2D eigenvalue weighted by atomic mass is 9.97. The van der Waals surface area contributed by atoms with Crippen LogP contribution in [0.25, 0.3) is 0 Å². The Morgan fingerprint density at radius 3 is 2.33 bits per heavy atom. The Labute approximate surface area is 126 Å². The number of amides is 2. The van der Waals surface area contributed by atoms with Gasteiger partial charge in [0.25, 0.3) is 0 Å². The first-order chi connectivity index (χ1) is 10.3. The largest absolute Gasteiger partial charge is 0.335 e. The number of benzene rings is 1. The molecule has 2 amide bonds. The van der Waals surface area contributed by atoms with Gasteiger partial charge in [0.15, 0.2) is 0 Å². The van der Waals surface area contributed by atoms with E-state index >= 15 is 0 Å². The minimum Gasteiger partial charge on any atom is -0.335 e. The molecule has 1 saturated carbocycles. The van der Waals surface area contributed by atoms with Crippen LogP contribution in [-0.2, 0) is 6.54 Å². The topological polar surface area (TPSA) is 64.9 Å². The van der Waals surface area contributed by atoms with Crippen molar-refractivity contribution in [2.75, 3.05) is 0 Å². The van der Waals surface area contributed by atoms with Gasteiger partial charge in [-0.3, -0.25) is 0 Å². The SMILES string of the molecule is N#Cc1ccc(CNC(=O)NC2CCCCCCC2)cc1. The van der Waals surface area contributed by atoms with E-state index in [2.05, 4.69) is 16.7 Å². The van der Waals surface area contributed by atoms with Crippen LogP contribution in [-0.4, -0.2) is 12.1 Å². The Morgan fingerprint density at radius 2 is 1.71 bits per heavy atom. The highest BCUT2D eigenvalue weighted by molar-refractivity contribution is 5.74. The molecule has 1 fully saturated rings. The summed E-state index contributed by atoms with van der Waals surface area (Å²) in [5.74, 6) is 0. The van der Waals surface area contributed by atoms with Gasteiger partial charge in [0.1, 0.15) is 0 Å². The summed E-state index contributed by atoms with van der Waals surface area (Å²) in [5.41, 5.74) is 1.64. The first-order valence-corrected chi connectivity index (χ1v) is 7.81. The van der Waals surface area contributed by atoms with Crippen LogP contribution >= 0.6 is 0 Å². The van der Waals surface area contributed by atoms with Crippen LogP contribution in [0.4, 0.5) is 4.79 Å². The van der Waals surface area contributed by atoms with Crippen LogP contribution in [0.2, 0.25) is 0 Å². The van der Waals surface area contributed by atoms with E-state index in [-0.39, 0.29) is 6.03 Å². The van der Waals surface area contributed by atoms with Gasteiger partial charge in [-0.2, -0.15) is 5.26 Å². The lowest BCUT2D eigenvalue weighted by molar-refractivity contribution is 0.233. The Balaban J connectivity index is 1.74. The molecule has 4 nitrogen and oxygen atoms in total. The van der Waals surface area contributed by atoms with Crippen molar-refractivity contribution in [3.63, 3.8) is 0 Å². The normalized spacial score (nSPS) is 16.3. The van der Waals surface area contributed by atoms with Crippen molar-refractivity contribution in [1.29, 1.82) is 5.26 Å². The molecule has 2 rings (SSSR count). The van der Waals surface area contributed by atoms with Crippen LogP contribution in [0.15, 0.2) is 24.3 Å². The first kappa shape index (κ1) is 15.4. The zero-order valence-corrected chi connectivity index (χ0v) is 12.4. The number of nitriles is 1. The molecule has 0 heterocycles. The molecule has 0 aromatic heterocycles. The monoisotopic (exact) mass is 285 g/mol. The van der Waals surface area contributed by atoms with Gasteiger partial charge in [0, 0.05) is 12.6 Å². The molecule has 0 radical (unpaired) electrons. The molecule has 0 spiro atoms. The average molecular weight is 285 g/mol. The van der Waals surface area contributed by atoms with Gasteiger partial charge in [-0.25, -0.2) is 4.79 Å². The maximum Gasteiger partial charge on any atom is 0.315 e. The van der Waals surface area contributed by atoms with Gasteiger partial charge in [-0.15, -0.1) is 0 Å². The summed E-state index contributed by atoms with van der Waals surface area (Å²) in [6.45, 7) is 0.490. The number of nitrogens with one attached hydrogen (secondary N) is 2. The minimum atomic E-state index is -0.0927. The van der Waals surface area contributed by atoms with E-state index in [1.54, 1.807) is 12.1 Å².